The minimum absolute atomic E-state index is 0.00760. The highest BCUT2D eigenvalue weighted by Crippen LogP contribution is 2.39. The Morgan fingerprint density at radius 3 is 2.71 bits per heavy atom. The fourth-order valence-corrected chi connectivity index (χ4v) is 4.48. The van der Waals surface area contributed by atoms with Gasteiger partial charge in [-0.25, -0.2) is 0 Å². The monoisotopic (exact) mass is 384 g/mol. The van der Waals surface area contributed by atoms with E-state index in [0.29, 0.717) is 50.1 Å². The van der Waals surface area contributed by atoms with Gasteiger partial charge >= 0.3 is 0 Å². The van der Waals surface area contributed by atoms with Gasteiger partial charge in [-0.1, -0.05) is 12.1 Å². The molecule has 2 aromatic rings. The molecule has 1 unspecified atom stereocenters. The average molecular weight is 384 g/mol. The van der Waals surface area contributed by atoms with E-state index >= 15 is 0 Å². The number of fused-ring (bicyclic) bond motifs is 1. The number of para-hydroxylation sites is 1. The van der Waals surface area contributed by atoms with Gasteiger partial charge in [-0.2, -0.15) is 0 Å². The Morgan fingerprint density at radius 2 is 1.93 bits per heavy atom. The molecular formula is C21H24N2O5. The fraction of sp³-hybridized carbons (Fsp3) is 0.476. The Bertz CT molecular complexity index is 969. The van der Waals surface area contributed by atoms with E-state index in [0.717, 1.165) is 12.8 Å². The van der Waals surface area contributed by atoms with Crippen LogP contribution in [-0.4, -0.2) is 60.5 Å². The van der Waals surface area contributed by atoms with Crippen LogP contribution in [0, 0.1) is 0 Å². The van der Waals surface area contributed by atoms with Crippen LogP contribution in [0.3, 0.4) is 0 Å². The summed E-state index contributed by atoms with van der Waals surface area (Å²) in [6, 6.07) is 8.10. The molecule has 7 heteroatoms. The number of benzene rings is 1. The molecular weight excluding hydrogens is 360 g/mol. The van der Waals surface area contributed by atoms with Gasteiger partial charge in [0.2, 0.25) is 5.91 Å². The smallest absolute Gasteiger partial charge is 0.290 e. The summed E-state index contributed by atoms with van der Waals surface area (Å²) < 4.78 is 10.9. The Kier molecular flexibility index (Phi) is 4.93. The number of piperidine rings is 1. The molecule has 2 saturated heterocycles. The van der Waals surface area contributed by atoms with Gasteiger partial charge in [-0.15, -0.1) is 0 Å². The Labute approximate surface area is 162 Å². The third kappa shape index (κ3) is 2.99. The molecule has 0 radical (unpaired) electrons. The first-order valence-corrected chi connectivity index (χ1v) is 9.70. The lowest BCUT2D eigenvalue weighted by Gasteiger charge is -2.44. The molecule has 0 bridgehead atoms. The minimum Gasteiger partial charge on any atom is -0.451 e. The first-order valence-electron chi connectivity index (χ1n) is 9.70. The summed E-state index contributed by atoms with van der Waals surface area (Å²) in [4.78, 5) is 42.4. The van der Waals surface area contributed by atoms with Crippen molar-refractivity contribution in [2.45, 2.75) is 31.2 Å². The lowest BCUT2D eigenvalue weighted by atomic mass is 9.85. The Hall–Kier alpha value is -2.67. The lowest BCUT2D eigenvalue weighted by molar-refractivity contribution is -0.146. The first kappa shape index (κ1) is 18.7. The molecule has 3 heterocycles. The van der Waals surface area contributed by atoms with Crippen LogP contribution in [0.4, 0.5) is 0 Å². The van der Waals surface area contributed by atoms with Crippen LogP contribution >= 0.6 is 0 Å². The fourth-order valence-electron chi connectivity index (χ4n) is 4.48. The highest BCUT2D eigenvalue weighted by molar-refractivity contribution is 5.99. The van der Waals surface area contributed by atoms with Gasteiger partial charge in [0, 0.05) is 32.8 Å². The van der Waals surface area contributed by atoms with Crippen LogP contribution in [0.2, 0.25) is 0 Å². The highest BCUT2D eigenvalue weighted by atomic mass is 16.5. The van der Waals surface area contributed by atoms with Crippen LogP contribution in [-0.2, 0) is 9.53 Å². The molecule has 0 saturated carbocycles. The summed E-state index contributed by atoms with van der Waals surface area (Å²) in [6.07, 6.45) is 2.87. The van der Waals surface area contributed by atoms with Crippen molar-refractivity contribution >= 4 is 22.8 Å². The topological polar surface area (TPSA) is 80.1 Å². The number of methoxy groups -OCH3 is 1. The lowest BCUT2D eigenvalue weighted by Crippen LogP contribution is -2.61. The van der Waals surface area contributed by atoms with Crippen molar-refractivity contribution in [1.82, 2.24) is 9.80 Å². The van der Waals surface area contributed by atoms with E-state index < -0.39 is 5.54 Å². The SMILES string of the molecule is COCCN1CCCC2(CCCN2C(=O)c2cc(=O)c3ccccc3o2)C1=O. The van der Waals surface area contributed by atoms with Crippen LogP contribution in [0.25, 0.3) is 11.0 Å². The zero-order valence-electron chi connectivity index (χ0n) is 16.0. The third-order valence-electron chi connectivity index (χ3n) is 5.85. The predicted molar refractivity (Wildman–Crippen MR) is 103 cm³/mol. The summed E-state index contributed by atoms with van der Waals surface area (Å²) >= 11 is 0. The summed E-state index contributed by atoms with van der Waals surface area (Å²) in [5, 5.41) is 0.440. The van der Waals surface area contributed by atoms with Gasteiger partial charge in [0.15, 0.2) is 11.2 Å². The number of likely N-dealkylation sites (tertiary alicyclic amines) is 2. The standard InChI is InChI=1S/C21H24N2O5/c1-27-13-12-22-10-4-8-21(20(22)26)9-5-11-23(21)19(25)18-14-16(24)15-6-2-3-7-17(15)28-18/h2-3,6-7,14H,4-5,8-13H2,1H3. The number of hydrogen-bond donors (Lipinski definition) is 0. The predicted octanol–water partition coefficient (Wildman–Crippen LogP) is 2.04. The second-order valence-corrected chi connectivity index (χ2v) is 7.45. The zero-order valence-corrected chi connectivity index (χ0v) is 16.0. The summed E-state index contributed by atoms with van der Waals surface area (Å²) in [5.74, 6) is -0.418. The molecule has 1 aromatic heterocycles. The van der Waals surface area contributed by atoms with E-state index in [1.165, 1.54) is 6.07 Å². The van der Waals surface area contributed by atoms with E-state index in [9.17, 15) is 14.4 Å². The molecule has 0 aliphatic carbocycles. The van der Waals surface area contributed by atoms with Crippen molar-refractivity contribution in [1.29, 1.82) is 0 Å². The zero-order chi connectivity index (χ0) is 19.7. The molecule has 0 N–H and O–H groups in total. The highest BCUT2D eigenvalue weighted by Gasteiger charge is 2.53. The molecule has 1 atom stereocenters. The third-order valence-corrected chi connectivity index (χ3v) is 5.85. The average Bonchev–Trinajstić information content (AvgIpc) is 3.13. The number of amides is 2. The number of carbonyl (C=O) groups is 2. The minimum atomic E-state index is -0.840. The van der Waals surface area contributed by atoms with Crippen molar-refractivity contribution in [2.24, 2.45) is 0 Å². The number of hydrogen-bond acceptors (Lipinski definition) is 5. The Balaban J connectivity index is 1.67. The molecule has 2 amide bonds. The van der Waals surface area contributed by atoms with Crippen LogP contribution in [0.5, 0.6) is 0 Å². The van der Waals surface area contributed by atoms with Gasteiger partial charge < -0.3 is 19.0 Å². The second kappa shape index (κ2) is 7.39. The van der Waals surface area contributed by atoms with Gasteiger partial charge in [0.1, 0.15) is 11.1 Å². The maximum absolute atomic E-state index is 13.3. The number of rotatable bonds is 4. The maximum Gasteiger partial charge on any atom is 0.290 e. The molecule has 1 spiro atoms. The molecule has 4 rings (SSSR count). The number of nitrogens with zero attached hydrogens (tertiary/aromatic N) is 2. The molecule has 7 nitrogen and oxygen atoms in total. The van der Waals surface area contributed by atoms with E-state index in [-0.39, 0.29) is 23.0 Å². The molecule has 1 aromatic carbocycles. The Morgan fingerprint density at radius 1 is 1.18 bits per heavy atom. The van der Waals surface area contributed by atoms with Crippen LogP contribution in [0.1, 0.15) is 36.2 Å². The molecule has 28 heavy (non-hydrogen) atoms. The summed E-state index contributed by atoms with van der Waals surface area (Å²) in [5.41, 5.74) is -0.716. The van der Waals surface area contributed by atoms with Gasteiger partial charge in [-0.3, -0.25) is 14.4 Å². The van der Waals surface area contributed by atoms with Gasteiger partial charge in [0.05, 0.1) is 12.0 Å². The molecule has 148 valence electrons. The van der Waals surface area contributed by atoms with Crippen LogP contribution < -0.4 is 5.43 Å². The molecule has 2 aliphatic rings. The van der Waals surface area contributed by atoms with E-state index in [1.54, 1.807) is 41.2 Å². The van der Waals surface area contributed by atoms with Gasteiger partial charge in [-0.05, 0) is 37.8 Å². The number of ether oxygens (including phenoxy) is 1. The van der Waals surface area contributed by atoms with E-state index in [2.05, 4.69) is 0 Å². The van der Waals surface area contributed by atoms with E-state index in [1.807, 2.05) is 0 Å². The van der Waals surface area contributed by atoms with Crippen molar-refractivity contribution in [3.63, 3.8) is 0 Å². The van der Waals surface area contributed by atoms with Crippen molar-refractivity contribution in [3.05, 3.63) is 46.3 Å². The normalized spacial score (nSPS) is 22.4. The molecule has 2 fully saturated rings. The van der Waals surface area contributed by atoms with Crippen molar-refractivity contribution in [2.75, 3.05) is 33.4 Å². The maximum atomic E-state index is 13.3. The second-order valence-electron chi connectivity index (χ2n) is 7.45. The quantitative estimate of drug-likeness (QED) is 0.806. The van der Waals surface area contributed by atoms with Crippen LogP contribution in [0.15, 0.2) is 39.5 Å². The number of carbonyl (C=O) groups excluding carboxylic acids is 2. The molecule has 2 aliphatic heterocycles. The van der Waals surface area contributed by atoms with Crippen molar-refractivity contribution < 1.29 is 18.7 Å². The van der Waals surface area contributed by atoms with Crippen molar-refractivity contribution in [3.8, 4) is 0 Å². The van der Waals surface area contributed by atoms with E-state index in [4.69, 9.17) is 9.15 Å². The first-order chi connectivity index (χ1) is 13.6. The largest absolute Gasteiger partial charge is 0.451 e. The van der Waals surface area contributed by atoms with Gasteiger partial charge in [0.25, 0.3) is 5.91 Å². The summed E-state index contributed by atoms with van der Waals surface area (Å²) in [7, 11) is 1.61. The summed E-state index contributed by atoms with van der Waals surface area (Å²) in [6.45, 7) is 2.15.